The summed E-state index contributed by atoms with van der Waals surface area (Å²) in [5.74, 6) is -0.591. The highest BCUT2D eigenvalue weighted by Gasteiger charge is 2.17. The Morgan fingerprint density at radius 2 is 1.95 bits per heavy atom. The zero-order valence-corrected chi connectivity index (χ0v) is 11.9. The van der Waals surface area contributed by atoms with Crippen LogP contribution in [0.15, 0.2) is 42.3 Å². The molecule has 0 aliphatic heterocycles. The lowest BCUT2D eigenvalue weighted by Gasteiger charge is -2.05. The number of carbonyl (C=O) groups is 2. The number of benzene rings is 1. The molecule has 0 amide bonds. The smallest absolute Gasteiger partial charge is 0.349 e. The Bertz CT molecular complexity index is 638. The molecule has 0 bridgehead atoms. The average molecular weight is 286 g/mol. The molecule has 102 valence electrons. The molecule has 0 radical (unpaired) electrons. The van der Waals surface area contributed by atoms with Gasteiger partial charge in [0.25, 0.3) is 0 Å². The minimum Gasteiger partial charge on any atom is -0.457 e. The molecule has 0 unspecified atom stereocenters. The third kappa shape index (κ3) is 3.22. The van der Waals surface area contributed by atoms with Crippen LogP contribution in [0.4, 0.5) is 0 Å². The fourth-order valence-electron chi connectivity index (χ4n) is 1.71. The van der Waals surface area contributed by atoms with E-state index < -0.39 is 5.97 Å². The minimum atomic E-state index is -0.460. The van der Waals surface area contributed by atoms with Crippen molar-refractivity contribution in [1.82, 2.24) is 0 Å². The van der Waals surface area contributed by atoms with Crippen molar-refractivity contribution >= 4 is 29.2 Å². The Kier molecular flexibility index (Phi) is 4.48. The molecule has 1 aromatic carbocycles. The molecule has 20 heavy (non-hydrogen) atoms. The summed E-state index contributed by atoms with van der Waals surface area (Å²) >= 11 is 1.22. The SMILES string of the molecule is C=Cc1ccc(COC(=O)c2sccc2C(C)=O)cc1. The van der Waals surface area contributed by atoms with Crippen molar-refractivity contribution in [2.75, 3.05) is 0 Å². The lowest BCUT2D eigenvalue weighted by Crippen LogP contribution is -2.07. The summed E-state index contributed by atoms with van der Waals surface area (Å²) in [5.41, 5.74) is 2.32. The van der Waals surface area contributed by atoms with Gasteiger partial charge < -0.3 is 4.74 Å². The molecule has 0 aliphatic carbocycles. The van der Waals surface area contributed by atoms with Crippen molar-refractivity contribution in [3.8, 4) is 0 Å². The zero-order chi connectivity index (χ0) is 14.5. The van der Waals surface area contributed by atoms with Gasteiger partial charge in [-0.15, -0.1) is 11.3 Å². The highest BCUT2D eigenvalue weighted by Crippen LogP contribution is 2.19. The van der Waals surface area contributed by atoms with Gasteiger partial charge in [0.1, 0.15) is 11.5 Å². The molecule has 0 aliphatic rings. The van der Waals surface area contributed by atoms with E-state index in [-0.39, 0.29) is 12.4 Å². The van der Waals surface area contributed by atoms with Crippen LogP contribution in [0, 0.1) is 0 Å². The Hall–Kier alpha value is -2.20. The fourth-order valence-corrected chi connectivity index (χ4v) is 2.54. The summed E-state index contributed by atoms with van der Waals surface area (Å²) in [6.07, 6.45) is 1.75. The summed E-state index contributed by atoms with van der Waals surface area (Å²) in [6, 6.07) is 9.21. The Balaban J connectivity index is 2.02. The van der Waals surface area contributed by atoms with Gasteiger partial charge in [0.15, 0.2) is 5.78 Å². The van der Waals surface area contributed by atoms with Crippen molar-refractivity contribution in [2.45, 2.75) is 13.5 Å². The molecule has 1 aromatic heterocycles. The number of rotatable bonds is 5. The molecule has 0 atom stereocenters. The van der Waals surface area contributed by atoms with Gasteiger partial charge >= 0.3 is 5.97 Å². The third-order valence-electron chi connectivity index (χ3n) is 2.82. The van der Waals surface area contributed by atoms with Crippen molar-refractivity contribution in [3.63, 3.8) is 0 Å². The van der Waals surface area contributed by atoms with Crippen molar-refractivity contribution < 1.29 is 14.3 Å². The Labute approximate surface area is 121 Å². The topological polar surface area (TPSA) is 43.4 Å². The number of esters is 1. The summed E-state index contributed by atoms with van der Waals surface area (Å²) in [4.78, 5) is 23.7. The van der Waals surface area contributed by atoms with E-state index in [0.29, 0.717) is 10.4 Å². The second kappa shape index (κ2) is 6.30. The minimum absolute atomic E-state index is 0.131. The van der Waals surface area contributed by atoms with Gasteiger partial charge in [0.2, 0.25) is 0 Å². The summed E-state index contributed by atoms with van der Waals surface area (Å²) in [5, 5.41) is 1.71. The maximum Gasteiger partial charge on any atom is 0.349 e. The van der Waals surface area contributed by atoms with E-state index >= 15 is 0 Å². The largest absolute Gasteiger partial charge is 0.457 e. The maximum atomic E-state index is 11.9. The highest BCUT2D eigenvalue weighted by atomic mass is 32.1. The molecule has 3 nitrogen and oxygen atoms in total. The number of hydrogen-bond donors (Lipinski definition) is 0. The normalized spacial score (nSPS) is 10.1. The monoisotopic (exact) mass is 286 g/mol. The standard InChI is InChI=1S/C16H14O3S/c1-3-12-4-6-13(7-5-12)10-19-16(18)15-14(11(2)17)8-9-20-15/h3-9H,1,10H2,2H3. The van der Waals surface area contributed by atoms with Crippen LogP contribution in [-0.4, -0.2) is 11.8 Å². The van der Waals surface area contributed by atoms with Crippen molar-refractivity contribution in [2.24, 2.45) is 0 Å². The van der Waals surface area contributed by atoms with Gasteiger partial charge in [-0.2, -0.15) is 0 Å². The predicted molar refractivity (Wildman–Crippen MR) is 80.0 cm³/mol. The molecule has 0 spiro atoms. The van der Waals surface area contributed by atoms with Gasteiger partial charge in [-0.3, -0.25) is 4.79 Å². The lowest BCUT2D eigenvalue weighted by atomic mass is 10.1. The van der Waals surface area contributed by atoms with E-state index in [9.17, 15) is 9.59 Å². The molecule has 0 saturated carbocycles. The van der Waals surface area contributed by atoms with Gasteiger partial charge in [-0.05, 0) is 29.5 Å². The maximum absolute atomic E-state index is 11.9. The molecule has 2 rings (SSSR count). The van der Waals surface area contributed by atoms with Crippen LogP contribution < -0.4 is 0 Å². The van der Waals surface area contributed by atoms with E-state index in [0.717, 1.165) is 11.1 Å². The van der Waals surface area contributed by atoms with E-state index in [4.69, 9.17) is 4.74 Å². The quantitative estimate of drug-likeness (QED) is 0.617. The second-order valence-corrected chi connectivity index (χ2v) is 5.16. The molecule has 4 heteroatoms. The van der Waals surface area contributed by atoms with Gasteiger partial charge in [-0.1, -0.05) is 36.9 Å². The molecule has 0 N–H and O–H groups in total. The van der Waals surface area contributed by atoms with Gasteiger partial charge in [0.05, 0.1) is 0 Å². The molecule has 2 aromatic rings. The predicted octanol–water partition coefficient (Wildman–Crippen LogP) is 3.95. The summed E-state index contributed by atoms with van der Waals surface area (Å²) in [6.45, 7) is 5.30. The van der Waals surface area contributed by atoms with Gasteiger partial charge in [-0.25, -0.2) is 4.79 Å². The molecule has 0 saturated heterocycles. The number of Topliss-reactive ketones (excluding diaryl/α,β-unsaturated/α-hetero) is 1. The lowest BCUT2D eigenvalue weighted by molar-refractivity contribution is 0.0476. The van der Waals surface area contributed by atoms with E-state index in [1.165, 1.54) is 18.3 Å². The van der Waals surface area contributed by atoms with Crippen LogP contribution in [0.3, 0.4) is 0 Å². The van der Waals surface area contributed by atoms with E-state index in [1.807, 2.05) is 24.3 Å². The van der Waals surface area contributed by atoms with Crippen LogP contribution in [0.2, 0.25) is 0 Å². The van der Waals surface area contributed by atoms with Crippen LogP contribution in [-0.2, 0) is 11.3 Å². The van der Waals surface area contributed by atoms with Crippen molar-refractivity contribution in [1.29, 1.82) is 0 Å². The fraction of sp³-hybridized carbons (Fsp3) is 0.125. The number of ketones is 1. The first-order chi connectivity index (χ1) is 9.61. The average Bonchev–Trinajstić information content (AvgIpc) is 2.95. The van der Waals surface area contributed by atoms with Crippen LogP contribution in [0.5, 0.6) is 0 Å². The van der Waals surface area contributed by atoms with E-state index in [1.54, 1.807) is 17.5 Å². The third-order valence-corrected chi connectivity index (χ3v) is 3.71. The highest BCUT2D eigenvalue weighted by molar-refractivity contribution is 7.12. The molecular weight excluding hydrogens is 272 g/mol. The number of ether oxygens (including phenoxy) is 1. The first kappa shape index (κ1) is 14.2. The van der Waals surface area contributed by atoms with Crippen molar-refractivity contribution in [3.05, 3.63) is 63.9 Å². The van der Waals surface area contributed by atoms with E-state index in [2.05, 4.69) is 6.58 Å². The number of carbonyl (C=O) groups excluding carboxylic acids is 2. The second-order valence-electron chi connectivity index (χ2n) is 4.24. The summed E-state index contributed by atoms with van der Waals surface area (Å²) < 4.78 is 5.23. The first-order valence-electron chi connectivity index (χ1n) is 6.08. The Morgan fingerprint density at radius 3 is 2.55 bits per heavy atom. The number of hydrogen-bond acceptors (Lipinski definition) is 4. The summed E-state index contributed by atoms with van der Waals surface area (Å²) in [7, 11) is 0. The molecular formula is C16H14O3S. The van der Waals surface area contributed by atoms with Crippen LogP contribution in [0.1, 0.15) is 38.1 Å². The van der Waals surface area contributed by atoms with Crippen LogP contribution >= 0.6 is 11.3 Å². The molecule has 1 heterocycles. The number of thiophene rings is 1. The first-order valence-corrected chi connectivity index (χ1v) is 6.96. The Morgan fingerprint density at radius 1 is 1.25 bits per heavy atom. The van der Waals surface area contributed by atoms with Crippen LogP contribution in [0.25, 0.3) is 6.08 Å². The van der Waals surface area contributed by atoms with Gasteiger partial charge in [0, 0.05) is 5.56 Å². The molecule has 0 fully saturated rings. The zero-order valence-electron chi connectivity index (χ0n) is 11.1.